The Morgan fingerprint density at radius 2 is 1.90 bits per heavy atom. The van der Waals surface area contributed by atoms with Crippen LogP contribution in [0.2, 0.25) is 0 Å². The smallest absolute Gasteiger partial charge is 0.346 e. The summed E-state index contributed by atoms with van der Waals surface area (Å²) < 4.78 is 58.8. The van der Waals surface area contributed by atoms with Gasteiger partial charge in [0.05, 0.1) is 11.4 Å². The van der Waals surface area contributed by atoms with E-state index in [1.54, 1.807) is 4.90 Å². The predicted octanol–water partition coefficient (Wildman–Crippen LogP) is 1.51. The molecule has 2 heterocycles. The summed E-state index contributed by atoms with van der Waals surface area (Å²) in [4.78, 5) is 8.16. The molecule has 0 N–H and O–H groups in total. The molecule has 5 nitrogen and oxygen atoms in total. The van der Waals surface area contributed by atoms with Crippen LogP contribution in [0.4, 0.5) is 18.3 Å². The fourth-order valence-electron chi connectivity index (χ4n) is 2.01. The lowest BCUT2D eigenvalue weighted by Gasteiger charge is -2.34. The molecule has 0 bridgehead atoms. The summed E-state index contributed by atoms with van der Waals surface area (Å²) in [7, 11) is -5.03. The number of thiazole rings is 1. The standard InChI is InChI=1S/C11H16F3N3O2S2/c1-9-8-20-10(15-9)17-4-2-16(3-5-17)6-7-21(18,19)11(12,13)14/h8H,2-7H2,1H3. The Balaban J connectivity index is 1.82. The fourth-order valence-corrected chi connectivity index (χ4v) is 3.60. The van der Waals surface area contributed by atoms with Gasteiger partial charge in [0.1, 0.15) is 0 Å². The molecule has 0 aliphatic carbocycles. The summed E-state index contributed by atoms with van der Waals surface area (Å²) in [6.07, 6.45) is 0. The molecule has 0 aromatic carbocycles. The number of alkyl halides is 3. The van der Waals surface area contributed by atoms with Crippen molar-refractivity contribution in [1.82, 2.24) is 9.88 Å². The molecular formula is C11H16F3N3O2S2. The highest BCUT2D eigenvalue weighted by Gasteiger charge is 2.45. The van der Waals surface area contributed by atoms with Crippen molar-refractivity contribution in [2.24, 2.45) is 0 Å². The van der Waals surface area contributed by atoms with Gasteiger partial charge in [-0.05, 0) is 6.92 Å². The van der Waals surface area contributed by atoms with Crippen LogP contribution in [0.3, 0.4) is 0 Å². The van der Waals surface area contributed by atoms with Crippen LogP contribution < -0.4 is 4.90 Å². The summed E-state index contributed by atoms with van der Waals surface area (Å²) >= 11 is 1.53. The number of anilines is 1. The molecule has 10 heteroatoms. The first-order valence-corrected chi connectivity index (χ1v) is 8.91. The summed E-state index contributed by atoms with van der Waals surface area (Å²) in [5.74, 6) is -0.882. The molecule has 1 aliphatic heterocycles. The molecule has 1 aliphatic rings. The number of piperazine rings is 1. The number of hydrogen-bond acceptors (Lipinski definition) is 6. The molecule has 1 aromatic rings. The van der Waals surface area contributed by atoms with Crippen molar-refractivity contribution in [1.29, 1.82) is 0 Å². The van der Waals surface area contributed by atoms with Gasteiger partial charge in [-0.15, -0.1) is 11.3 Å². The zero-order valence-corrected chi connectivity index (χ0v) is 13.1. The molecule has 0 amide bonds. The van der Waals surface area contributed by atoms with E-state index in [2.05, 4.69) is 9.88 Å². The lowest BCUT2D eigenvalue weighted by atomic mass is 10.3. The summed E-state index contributed by atoms with van der Waals surface area (Å²) in [6, 6.07) is 0. The van der Waals surface area contributed by atoms with Gasteiger partial charge in [-0.1, -0.05) is 0 Å². The highest BCUT2D eigenvalue weighted by Crippen LogP contribution is 2.24. The molecule has 0 atom stereocenters. The molecule has 2 rings (SSSR count). The number of nitrogens with zero attached hydrogens (tertiary/aromatic N) is 3. The maximum atomic E-state index is 12.3. The minimum Gasteiger partial charge on any atom is -0.346 e. The normalized spacial score (nSPS) is 18.2. The summed E-state index contributed by atoms with van der Waals surface area (Å²) in [5, 5.41) is 2.84. The Labute approximate surface area is 125 Å². The summed E-state index contributed by atoms with van der Waals surface area (Å²) in [6.45, 7) is 4.15. The molecule has 1 saturated heterocycles. The Bertz CT molecular complexity index is 578. The molecule has 0 unspecified atom stereocenters. The van der Waals surface area contributed by atoms with Gasteiger partial charge in [0, 0.05) is 38.1 Å². The number of sulfone groups is 1. The molecule has 0 spiro atoms. The van der Waals surface area contributed by atoms with E-state index in [1.807, 2.05) is 12.3 Å². The minimum atomic E-state index is -5.16. The van der Waals surface area contributed by atoms with E-state index in [9.17, 15) is 21.6 Å². The van der Waals surface area contributed by atoms with Gasteiger partial charge < -0.3 is 4.90 Å². The Morgan fingerprint density at radius 1 is 1.29 bits per heavy atom. The molecule has 0 radical (unpaired) electrons. The average Bonchev–Trinajstić information content (AvgIpc) is 2.82. The second kappa shape index (κ2) is 6.09. The van der Waals surface area contributed by atoms with Crippen molar-refractivity contribution in [2.75, 3.05) is 43.4 Å². The molecule has 1 aromatic heterocycles. The third-order valence-corrected chi connectivity index (χ3v) is 5.72. The second-order valence-electron chi connectivity index (χ2n) is 4.86. The Kier molecular flexibility index (Phi) is 4.79. The van der Waals surface area contributed by atoms with E-state index in [0.717, 1.165) is 10.8 Å². The third-order valence-electron chi connectivity index (χ3n) is 3.28. The van der Waals surface area contributed by atoms with Crippen LogP contribution in [0.25, 0.3) is 0 Å². The summed E-state index contributed by atoms with van der Waals surface area (Å²) in [5.41, 5.74) is -4.22. The largest absolute Gasteiger partial charge is 0.497 e. The topological polar surface area (TPSA) is 53.5 Å². The van der Waals surface area contributed by atoms with Crippen LogP contribution in [-0.4, -0.2) is 62.3 Å². The first-order chi connectivity index (χ1) is 9.69. The molecular weight excluding hydrogens is 327 g/mol. The van der Waals surface area contributed by atoms with Crippen LogP contribution in [0.15, 0.2) is 5.38 Å². The van der Waals surface area contributed by atoms with Crippen molar-refractivity contribution in [3.05, 3.63) is 11.1 Å². The Morgan fingerprint density at radius 3 is 2.38 bits per heavy atom. The quantitative estimate of drug-likeness (QED) is 0.829. The molecule has 120 valence electrons. The first kappa shape index (κ1) is 16.5. The van der Waals surface area contributed by atoms with Crippen molar-refractivity contribution in [3.63, 3.8) is 0 Å². The van der Waals surface area contributed by atoms with Gasteiger partial charge in [-0.2, -0.15) is 13.2 Å². The number of hydrogen-bond donors (Lipinski definition) is 0. The zero-order chi connectivity index (χ0) is 15.7. The van der Waals surface area contributed by atoms with Crippen LogP contribution in [-0.2, 0) is 9.84 Å². The minimum absolute atomic E-state index is 0.0907. The van der Waals surface area contributed by atoms with E-state index in [0.29, 0.717) is 26.2 Å². The lowest BCUT2D eigenvalue weighted by molar-refractivity contribution is -0.0436. The van der Waals surface area contributed by atoms with Gasteiger partial charge >= 0.3 is 5.51 Å². The van der Waals surface area contributed by atoms with E-state index in [-0.39, 0.29) is 6.54 Å². The highest BCUT2D eigenvalue weighted by atomic mass is 32.2. The van der Waals surface area contributed by atoms with E-state index in [1.165, 1.54) is 11.3 Å². The van der Waals surface area contributed by atoms with Gasteiger partial charge in [-0.3, -0.25) is 4.90 Å². The fraction of sp³-hybridized carbons (Fsp3) is 0.727. The van der Waals surface area contributed by atoms with Crippen molar-refractivity contribution in [2.45, 2.75) is 12.4 Å². The number of rotatable bonds is 4. The van der Waals surface area contributed by atoms with Crippen molar-refractivity contribution < 1.29 is 21.6 Å². The van der Waals surface area contributed by atoms with Crippen LogP contribution >= 0.6 is 11.3 Å². The first-order valence-electron chi connectivity index (χ1n) is 6.37. The lowest BCUT2D eigenvalue weighted by Crippen LogP contribution is -2.48. The van der Waals surface area contributed by atoms with Crippen molar-refractivity contribution in [3.8, 4) is 0 Å². The number of aromatic nitrogens is 1. The number of aryl methyl sites for hydroxylation is 1. The second-order valence-corrected chi connectivity index (χ2v) is 7.80. The van der Waals surface area contributed by atoms with Crippen LogP contribution in [0.1, 0.15) is 5.69 Å². The van der Waals surface area contributed by atoms with Crippen LogP contribution in [0.5, 0.6) is 0 Å². The zero-order valence-electron chi connectivity index (χ0n) is 11.4. The van der Waals surface area contributed by atoms with E-state index >= 15 is 0 Å². The van der Waals surface area contributed by atoms with Crippen molar-refractivity contribution >= 4 is 26.3 Å². The Hall–Kier alpha value is -0.870. The predicted molar refractivity (Wildman–Crippen MR) is 75.3 cm³/mol. The van der Waals surface area contributed by atoms with E-state index in [4.69, 9.17) is 0 Å². The monoisotopic (exact) mass is 343 g/mol. The van der Waals surface area contributed by atoms with E-state index < -0.39 is 21.1 Å². The molecule has 21 heavy (non-hydrogen) atoms. The molecule has 0 saturated carbocycles. The van der Waals surface area contributed by atoms with Gasteiger partial charge in [0.2, 0.25) is 9.84 Å². The van der Waals surface area contributed by atoms with Crippen LogP contribution in [0, 0.1) is 6.92 Å². The highest BCUT2D eigenvalue weighted by molar-refractivity contribution is 7.92. The number of halogens is 3. The maximum absolute atomic E-state index is 12.3. The molecule has 1 fully saturated rings. The SMILES string of the molecule is Cc1csc(N2CCN(CCS(=O)(=O)C(F)(F)F)CC2)n1. The maximum Gasteiger partial charge on any atom is 0.497 e. The third kappa shape index (κ3) is 4.07. The van der Waals surface area contributed by atoms with Gasteiger partial charge in [0.25, 0.3) is 0 Å². The van der Waals surface area contributed by atoms with Gasteiger partial charge in [0.15, 0.2) is 5.13 Å². The van der Waals surface area contributed by atoms with Gasteiger partial charge in [-0.25, -0.2) is 13.4 Å². The average molecular weight is 343 g/mol.